The first-order valence-electron chi connectivity index (χ1n) is 4.60. The summed E-state index contributed by atoms with van der Waals surface area (Å²) in [4.78, 5) is 0. The molecule has 3 rings (SSSR count). The fourth-order valence-corrected chi connectivity index (χ4v) is 2.74. The van der Waals surface area contributed by atoms with Gasteiger partial charge in [-0.15, -0.1) is 0 Å². The lowest BCUT2D eigenvalue weighted by Crippen LogP contribution is -2.46. The van der Waals surface area contributed by atoms with Gasteiger partial charge in [0.2, 0.25) is 0 Å². The van der Waals surface area contributed by atoms with Gasteiger partial charge in [0.1, 0.15) is 0 Å². The second-order valence-electron chi connectivity index (χ2n) is 4.99. The van der Waals surface area contributed by atoms with Gasteiger partial charge >= 0.3 is 0 Å². The van der Waals surface area contributed by atoms with Crippen LogP contribution in [0.5, 0.6) is 0 Å². The Morgan fingerprint density at radius 1 is 1.10 bits per heavy atom. The molecular formula is C10H18. The van der Waals surface area contributed by atoms with E-state index >= 15 is 0 Å². The van der Waals surface area contributed by atoms with Gasteiger partial charge < -0.3 is 0 Å². The van der Waals surface area contributed by atoms with Crippen molar-refractivity contribution in [3.8, 4) is 0 Å². The molecule has 10 heavy (non-hydrogen) atoms. The minimum absolute atomic E-state index is 0.661. The van der Waals surface area contributed by atoms with Crippen LogP contribution in [0.1, 0.15) is 40.0 Å². The molecule has 3 fully saturated rings. The number of hydrogen-bond acceptors (Lipinski definition) is 0. The molecule has 0 radical (unpaired) electrons. The number of rotatable bonds is 0. The van der Waals surface area contributed by atoms with Gasteiger partial charge in [-0.25, -0.2) is 0 Å². The lowest BCUT2D eigenvalue weighted by Gasteiger charge is -2.55. The predicted octanol–water partition coefficient (Wildman–Crippen LogP) is 3.08. The molecule has 1 atom stereocenters. The lowest BCUT2D eigenvalue weighted by molar-refractivity contribution is -0.0558. The molecule has 0 aromatic rings. The van der Waals surface area contributed by atoms with Gasteiger partial charge in [-0.05, 0) is 42.4 Å². The molecule has 3 aliphatic rings. The Kier molecular flexibility index (Phi) is 1.19. The summed E-state index contributed by atoms with van der Waals surface area (Å²) in [5.41, 5.74) is 0.661. The van der Waals surface area contributed by atoms with Crippen molar-refractivity contribution in [1.82, 2.24) is 0 Å². The van der Waals surface area contributed by atoms with Crippen molar-refractivity contribution in [2.45, 2.75) is 40.0 Å². The zero-order valence-electron chi connectivity index (χ0n) is 7.35. The van der Waals surface area contributed by atoms with Crippen LogP contribution in [-0.4, -0.2) is 0 Å². The fourth-order valence-electron chi connectivity index (χ4n) is 2.74. The normalized spacial score (nSPS) is 50.1. The molecule has 0 spiro atoms. The molecular weight excluding hydrogens is 120 g/mol. The maximum Gasteiger partial charge on any atom is -0.0300 e. The summed E-state index contributed by atoms with van der Waals surface area (Å²) in [6.45, 7) is 7.34. The fraction of sp³-hybridized carbons (Fsp3) is 1.00. The van der Waals surface area contributed by atoms with Crippen molar-refractivity contribution in [2.75, 3.05) is 0 Å². The molecule has 3 aliphatic carbocycles. The van der Waals surface area contributed by atoms with Gasteiger partial charge in [0.15, 0.2) is 0 Å². The highest BCUT2D eigenvalue weighted by molar-refractivity contribution is 4.98. The molecule has 0 heterocycles. The zero-order chi connectivity index (χ0) is 7.35. The van der Waals surface area contributed by atoms with Gasteiger partial charge in [0, 0.05) is 0 Å². The van der Waals surface area contributed by atoms with Gasteiger partial charge in [-0.1, -0.05) is 20.8 Å². The summed E-state index contributed by atoms with van der Waals surface area (Å²) in [6, 6.07) is 0. The quantitative estimate of drug-likeness (QED) is 0.482. The van der Waals surface area contributed by atoms with E-state index in [2.05, 4.69) is 20.8 Å². The molecule has 0 saturated heterocycles. The van der Waals surface area contributed by atoms with Crippen LogP contribution in [0.3, 0.4) is 0 Å². The Hall–Kier alpha value is 0. The van der Waals surface area contributed by atoms with Crippen LogP contribution in [-0.2, 0) is 0 Å². The Morgan fingerprint density at radius 2 is 1.70 bits per heavy atom. The molecule has 0 amide bonds. The summed E-state index contributed by atoms with van der Waals surface area (Å²) >= 11 is 0. The van der Waals surface area contributed by atoms with Crippen molar-refractivity contribution < 1.29 is 0 Å². The standard InChI is InChI=1S/C10H18/c1-7-4-8-5-9(6-8)10(7,2)3/h7-9H,4-6H2,1-3H3. The molecule has 0 N–H and O–H groups in total. The molecule has 0 heteroatoms. The molecule has 0 aliphatic heterocycles. The van der Waals surface area contributed by atoms with Crippen LogP contribution in [0.15, 0.2) is 0 Å². The van der Waals surface area contributed by atoms with E-state index in [1.165, 1.54) is 19.3 Å². The molecule has 0 aromatic carbocycles. The first-order valence-corrected chi connectivity index (χ1v) is 4.60. The maximum absolute atomic E-state index is 2.46. The number of fused-ring (bicyclic) bond motifs is 2. The summed E-state index contributed by atoms with van der Waals surface area (Å²) < 4.78 is 0. The summed E-state index contributed by atoms with van der Waals surface area (Å²) in [7, 11) is 0. The highest BCUT2D eigenvalue weighted by Crippen LogP contribution is 2.57. The number of hydrogen-bond donors (Lipinski definition) is 0. The molecule has 3 saturated carbocycles. The summed E-state index contributed by atoms with van der Waals surface area (Å²) in [6.07, 6.45) is 4.58. The van der Waals surface area contributed by atoms with E-state index < -0.39 is 0 Å². The highest BCUT2D eigenvalue weighted by atomic mass is 14.5. The van der Waals surface area contributed by atoms with Crippen molar-refractivity contribution in [2.24, 2.45) is 23.2 Å². The largest absolute Gasteiger partial charge is 0.0620 e. The van der Waals surface area contributed by atoms with E-state index in [9.17, 15) is 0 Å². The van der Waals surface area contributed by atoms with E-state index in [1.54, 1.807) is 0 Å². The van der Waals surface area contributed by atoms with E-state index in [-0.39, 0.29) is 0 Å². The van der Waals surface area contributed by atoms with Gasteiger partial charge in [-0.3, -0.25) is 0 Å². The second-order valence-corrected chi connectivity index (χ2v) is 4.99. The van der Waals surface area contributed by atoms with Crippen molar-refractivity contribution >= 4 is 0 Å². The second kappa shape index (κ2) is 1.78. The van der Waals surface area contributed by atoms with E-state index in [0.717, 1.165) is 17.8 Å². The zero-order valence-corrected chi connectivity index (χ0v) is 7.35. The Morgan fingerprint density at radius 3 is 2.00 bits per heavy atom. The van der Waals surface area contributed by atoms with Crippen LogP contribution in [0, 0.1) is 23.2 Å². The SMILES string of the molecule is CC1CC2CC(C2)C1(C)C. The minimum atomic E-state index is 0.661. The topological polar surface area (TPSA) is 0 Å². The molecule has 58 valence electrons. The summed E-state index contributed by atoms with van der Waals surface area (Å²) in [5, 5.41) is 0. The Bertz CT molecular complexity index is 136. The van der Waals surface area contributed by atoms with Gasteiger partial charge in [0.05, 0.1) is 0 Å². The predicted molar refractivity (Wildman–Crippen MR) is 43.8 cm³/mol. The third kappa shape index (κ3) is 0.681. The van der Waals surface area contributed by atoms with Gasteiger partial charge in [-0.2, -0.15) is 0 Å². The first-order chi connectivity index (χ1) is 4.60. The average molecular weight is 138 g/mol. The van der Waals surface area contributed by atoms with E-state index in [4.69, 9.17) is 0 Å². The third-order valence-electron chi connectivity index (χ3n) is 4.24. The molecule has 0 nitrogen and oxygen atoms in total. The van der Waals surface area contributed by atoms with Crippen LogP contribution in [0.2, 0.25) is 0 Å². The Balaban J connectivity index is 2.16. The Labute approximate surface area is 64.0 Å². The van der Waals surface area contributed by atoms with E-state index in [0.29, 0.717) is 5.41 Å². The van der Waals surface area contributed by atoms with Crippen molar-refractivity contribution in [3.05, 3.63) is 0 Å². The van der Waals surface area contributed by atoms with Crippen LogP contribution in [0.25, 0.3) is 0 Å². The molecule has 1 unspecified atom stereocenters. The highest BCUT2D eigenvalue weighted by Gasteiger charge is 2.48. The van der Waals surface area contributed by atoms with Crippen molar-refractivity contribution in [3.63, 3.8) is 0 Å². The van der Waals surface area contributed by atoms with Crippen LogP contribution in [0.4, 0.5) is 0 Å². The van der Waals surface area contributed by atoms with Crippen LogP contribution >= 0.6 is 0 Å². The van der Waals surface area contributed by atoms with Crippen LogP contribution < -0.4 is 0 Å². The average Bonchev–Trinajstić information content (AvgIpc) is 1.72. The lowest BCUT2D eigenvalue weighted by atomic mass is 9.50. The molecule has 0 aromatic heterocycles. The minimum Gasteiger partial charge on any atom is -0.0620 e. The third-order valence-corrected chi connectivity index (χ3v) is 4.24. The first kappa shape index (κ1) is 6.69. The van der Waals surface area contributed by atoms with Crippen molar-refractivity contribution in [1.29, 1.82) is 0 Å². The maximum atomic E-state index is 2.46. The monoisotopic (exact) mass is 138 g/mol. The van der Waals surface area contributed by atoms with Gasteiger partial charge in [0.25, 0.3) is 0 Å². The molecule has 2 bridgehead atoms. The van der Waals surface area contributed by atoms with E-state index in [1.807, 2.05) is 0 Å². The smallest absolute Gasteiger partial charge is 0.0300 e. The summed E-state index contributed by atoms with van der Waals surface area (Å²) in [5.74, 6) is 3.17.